The molecule has 0 aliphatic carbocycles. The number of thioether (sulfide) groups is 1. The summed E-state index contributed by atoms with van der Waals surface area (Å²) in [5, 5.41) is 11.9. The number of furan rings is 1. The molecule has 0 saturated carbocycles. The average molecular weight is 391 g/mol. The van der Waals surface area contributed by atoms with Gasteiger partial charge in [-0.15, -0.1) is 10.2 Å². The van der Waals surface area contributed by atoms with Gasteiger partial charge in [-0.2, -0.15) is 0 Å². The first kappa shape index (κ1) is 18.7. The van der Waals surface area contributed by atoms with Crippen LogP contribution in [-0.2, 0) is 6.54 Å². The Bertz CT molecular complexity index is 883. The van der Waals surface area contributed by atoms with E-state index in [0.29, 0.717) is 6.54 Å². The Hall–Kier alpha value is -2.06. The minimum absolute atomic E-state index is 0.106. The molecule has 138 valence electrons. The Labute approximate surface area is 161 Å². The van der Waals surface area contributed by atoms with Gasteiger partial charge in [-0.1, -0.05) is 23.1 Å². The fraction of sp³-hybridized carbons (Fsp3) is 0.389. The highest BCUT2D eigenvalue weighted by molar-refractivity contribution is 8.02. The second-order valence-corrected chi connectivity index (χ2v) is 8.54. The molecule has 0 amide bonds. The molecule has 3 aromatic rings. The van der Waals surface area contributed by atoms with Crippen LogP contribution in [0.2, 0.25) is 0 Å². The smallest absolute Gasteiger partial charge is 0.206 e. The molecule has 0 saturated heterocycles. The van der Waals surface area contributed by atoms with Gasteiger partial charge in [-0.3, -0.25) is 4.79 Å². The number of ketones is 1. The van der Waals surface area contributed by atoms with Gasteiger partial charge >= 0.3 is 0 Å². The van der Waals surface area contributed by atoms with Gasteiger partial charge in [0, 0.05) is 23.5 Å². The first-order chi connectivity index (χ1) is 12.5. The summed E-state index contributed by atoms with van der Waals surface area (Å²) in [6, 6.07) is 5.77. The van der Waals surface area contributed by atoms with Crippen LogP contribution < -0.4 is 5.32 Å². The minimum Gasteiger partial charge on any atom is -0.467 e. The number of carbonyl (C=O) groups is 1. The zero-order valence-electron chi connectivity index (χ0n) is 15.3. The van der Waals surface area contributed by atoms with Crippen LogP contribution in [0.4, 0.5) is 5.13 Å². The van der Waals surface area contributed by atoms with Crippen LogP contribution >= 0.6 is 23.1 Å². The summed E-state index contributed by atoms with van der Waals surface area (Å²) >= 11 is 2.92. The topological polar surface area (TPSA) is 73.0 Å². The maximum Gasteiger partial charge on any atom is 0.206 e. The molecule has 0 bridgehead atoms. The van der Waals surface area contributed by atoms with E-state index < -0.39 is 0 Å². The summed E-state index contributed by atoms with van der Waals surface area (Å²) < 4.78 is 8.34. The summed E-state index contributed by atoms with van der Waals surface area (Å²) in [7, 11) is 0. The average Bonchev–Trinajstić information content (AvgIpc) is 3.33. The number of hydrogen-bond donors (Lipinski definition) is 1. The lowest BCUT2D eigenvalue weighted by molar-refractivity contribution is 0.0993. The highest BCUT2D eigenvalue weighted by Gasteiger charge is 2.23. The van der Waals surface area contributed by atoms with E-state index in [9.17, 15) is 4.79 Å². The van der Waals surface area contributed by atoms with E-state index in [1.807, 2.05) is 45.9 Å². The molecule has 0 aromatic carbocycles. The minimum atomic E-state index is -0.227. The van der Waals surface area contributed by atoms with Gasteiger partial charge in [0.15, 0.2) is 10.1 Å². The summed E-state index contributed by atoms with van der Waals surface area (Å²) in [4.78, 5) is 13.0. The molecule has 8 heteroatoms. The van der Waals surface area contributed by atoms with Crippen LogP contribution in [0.3, 0.4) is 0 Å². The van der Waals surface area contributed by atoms with Crippen molar-refractivity contribution in [1.82, 2.24) is 14.8 Å². The van der Waals surface area contributed by atoms with Crippen LogP contribution in [0.1, 0.15) is 41.4 Å². The van der Waals surface area contributed by atoms with Gasteiger partial charge in [0.1, 0.15) is 5.76 Å². The molecule has 26 heavy (non-hydrogen) atoms. The number of Topliss-reactive ketones (excluding diaryl/α,β-unsaturated/α-hetero) is 1. The molecular weight excluding hydrogens is 368 g/mol. The molecule has 3 heterocycles. The Balaban J connectivity index is 1.74. The van der Waals surface area contributed by atoms with E-state index in [2.05, 4.69) is 20.1 Å². The van der Waals surface area contributed by atoms with Crippen molar-refractivity contribution in [3.63, 3.8) is 0 Å². The number of aromatic nitrogens is 3. The number of nitrogens with zero attached hydrogens (tertiary/aromatic N) is 3. The van der Waals surface area contributed by atoms with Gasteiger partial charge in [0.2, 0.25) is 5.13 Å². The van der Waals surface area contributed by atoms with Crippen molar-refractivity contribution >= 4 is 34.0 Å². The Morgan fingerprint density at radius 3 is 2.92 bits per heavy atom. The van der Waals surface area contributed by atoms with Crippen LogP contribution in [-0.4, -0.2) is 32.3 Å². The van der Waals surface area contributed by atoms with Crippen molar-refractivity contribution < 1.29 is 9.21 Å². The van der Waals surface area contributed by atoms with E-state index in [-0.39, 0.29) is 11.0 Å². The van der Waals surface area contributed by atoms with Crippen molar-refractivity contribution in [3.8, 4) is 0 Å². The number of carbonyl (C=O) groups excluding carboxylic acids is 1. The molecule has 3 aromatic heterocycles. The van der Waals surface area contributed by atoms with Crippen molar-refractivity contribution in [2.45, 2.75) is 43.8 Å². The zero-order valence-corrected chi connectivity index (χ0v) is 16.9. The van der Waals surface area contributed by atoms with Crippen LogP contribution in [0, 0.1) is 13.8 Å². The third kappa shape index (κ3) is 4.02. The monoisotopic (exact) mass is 390 g/mol. The van der Waals surface area contributed by atoms with E-state index >= 15 is 0 Å². The number of rotatable bonds is 8. The fourth-order valence-electron chi connectivity index (χ4n) is 2.76. The van der Waals surface area contributed by atoms with Crippen LogP contribution in [0.25, 0.3) is 0 Å². The second kappa shape index (κ2) is 8.09. The first-order valence-electron chi connectivity index (χ1n) is 8.47. The molecule has 0 fully saturated rings. The van der Waals surface area contributed by atoms with Gasteiger partial charge in [0.05, 0.1) is 18.1 Å². The highest BCUT2D eigenvalue weighted by atomic mass is 32.2. The lowest BCUT2D eigenvalue weighted by atomic mass is 10.1. The molecule has 3 rings (SSSR count). The van der Waals surface area contributed by atoms with Crippen LogP contribution in [0.5, 0.6) is 0 Å². The van der Waals surface area contributed by atoms with Gasteiger partial charge in [-0.25, -0.2) is 0 Å². The molecule has 6 nitrogen and oxygen atoms in total. The van der Waals surface area contributed by atoms with Crippen molar-refractivity contribution in [3.05, 3.63) is 47.2 Å². The molecule has 0 unspecified atom stereocenters. The third-order valence-electron chi connectivity index (χ3n) is 4.11. The SMILES string of the molecule is CCNc1nnc(S[C@H](C)C(=O)c2cc(C)n(Cc3ccco3)c2C)s1. The lowest BCUT2D eigenvalue weighted by Crippen LogP contribution is -2.14. The molecule has 0 aliphatic heterocycles. The molecule has 0 radical (unpaired) electrons. The molecule has 0 aliphatic rings. The summed E-state index contributed by atoms with van der Waals surface area (Å²) in [5.74, 6) is 0.979. The standard InChI is InChI=1S/C18H22N4O2S2/c1-5-19-17-20-21-18(26-17)25-13(4)16(23)15-9-11(2)22(12(15)3)10-14-7-6-8-24-14/h6-9,13H,5,10H2,1-4H3,(H,19,20)/t13-/m1/s1. The number of hydrogen-bond acceptors (Lipinski definition) is 7. The predicted molar refractivity (Wildman–Crippen MR) is 105 cm³/mol. The van der Waals surface area contributed by atoms with Crippen LogP contribution in [0.15, 0.2) is 33.2 Å². The Morgan fingerprint density at radius 1 is 1.42 bits per heavy atom. The highest BCUT2D eigenvalue weighted by Crippen LogP contribution is 2.31. The third-order valence-corrected chi connectivity index (χ3v) is 6.18. The maximum absolute atomic E-state index is 13.0. The predicted octanol–water partition coefficient (Wildman–Crippen LogP) is 4.39. The number of aryl methyl sites for hydroxylation is 1. The van der Waals surface area contributed by atoms with Crippen molar-refractivity contribution in [2.24, 2.45) is 0 Å². The Morgan fingerprint density at radius 2 is 2.23 bits per heavy atom. The second-order valence-electron chi connectivity index (χ2n) is 5.98. The van der Waals surface area contributed by atoms with E-state index in [4.69, 9.17) is 4.42 Å². The fourth-order valence-corrected chi connectivity index (χ4v) is 4.79. The number of anilines is 1. The van der Waals surface area contributed by atoms with Gasteiger partial charge in [0.25, 0.3) is 0 Å². The number of nitrogens with one attached hydrogen (secondary N) is 1. The summed E-state index contributed by atoms with van der Waals surface area (Å²) in [6.45, 7) is 9.35. The largest absolute Gasteiger partial charge is 0.467 e. The van der Waals surface area contributed by atoms with Crippen molar-refractivity contribution in [2.75, 3.05) is 11.9 Å². The molecular formula is C18H22N4O2S2. The normalized spacial score (nSPS) is 12.3. The van der Waals surface area contributed by atoms with E-state index in [1.54, 1.807) is 6.26 Å². The summed E-state index contributed by atoms with van der Waals surface area (Å²) in [6.07, 6.45) is 1.66. The summed E-state index contributed by atoms with van der Waals surface area (Å²) in [5.41, 5.74) is 2.76. The zero-order chi connectivity index (χ0) is 18.7. The van der Waals surface area contributed by atoms with Gasteiger partial charge < -0.3 is 14.3 Å². The van der Waals surface area contributed by atoms with E-state index in [1.165, 1.54) is 23.1 Å². The Kier molecular flexibility index (Phi) is 5.83. The molecule has 1 atom stereocenters. The quantitative estimate of drug-likeness (QED) is 0.454. The first-order valence-corrected chi connectivity index (χ1v) is 10.2. The van der Waals surface area contributed by atoms with Gasteiger partial charge in [-0.05, 0) is 45.9 Å². The molecule has 1 N–H and O–H groups in total. The maximum atomic E-state index is 13.0. The van der Waals surface area contributed by atoms with E-state index in [0.717, 1.165) is 38.7 Å². The molecule has 0 spiro atoms. The van der Waals surface area contributed by atoms with Crippen molar-refractivity contribution in [1.29, 1.82) is 0 Å². The lowest BCUT2D eigenvalue weighted by Gasteiger charge is -2.10.